The number of hydrogen-bond acceptors (Lipinski definition) is 2. The van der Waals surface area contributed by atoms with Gasteiger partial charge in [-0.2, -0.15) is 5.10 Å². The summed E-state index contributed by atoms with van der Waals surface area (Å²) in [4.78, 5) is 0. The maximum absolute atomic E-state index is 4.86. The van der Waals surface area contributed by atoms with Crippen LogP contribution >= 0.6 is 0 Å². The quantitative estimate of drug-likeness (QED) is 0.440. The molecule has 1 aliphatic heterocycles. The van der Waals surface area contributed by atoms with E-state index in [4.69, 9.17) is 5.10 Å². The van der Waals surface area contributed by atoms with Crippen LogP contribution in [0.1, 0.15) is 45.5 Å². The average Bonchev–Trinajstić information content (AvgIpc) is 3.22. The Balaban J connectivity index is 1.70. The topological polar surface area (TPSA) is 34.8 Å². The summed E-state index contributed by atoms with van der Waals surface area (Å²) in [6.45, 7) is 13.0. The maximum atomic E-state index is 4.86. The van der Waals surface area contributed by atoms with Crippen LogP contribution in [-0.2, 0) is 0 Å². The summed E-state index contributed by atoms with van der Waals surface area (Å²) < 4.78 is 4.51. The Kier molecular flexibility index (Phi) is 4.14. The van der Waals surface area contributed by atoms with E-state index < -0.39 is 0 Å². The third-order valence-corrected chi connectivity index (χ3v) is 6.29. The first-order chi connectivity index (χ1) is 14.3. The molecule has 0 aliphatic carbocycles. The molecule has 2 aromatic heterocycles. The number of nitrogens with zero attached hydrogens (tertiary/aromatic N) is 3. The molecule has 5 rings (SSSR count). The van der Waals surface area contributed by atoms with Gasteiger partial charge in [-0.15, -0.1) is 0 Å². The highest BCUT2D eigenvalue weighted by Crippen LogP contribution is 2.41. The molecule has 1 aliphatic rings. The van der Waals surface area contributed by atoms with E-state index in [0.717, 1.165) is 5.69 Å². The SMILES string of the molecule is Cc1ccc(-n2c(C)cc(C3Nc4c(C)cccc4-c4cc(C)nn43)c2C)c(C)c1. The van der Waals surface area contributed by atoms with Crippen LogP contribution in [0, 0.1) is 41.5 Å². The van der Waals surface area contributed by atoms with Crippen LogP contribution in [-0.4, -0.2) is 14.3 Å². The van der Waals surface area contributed by atoms with Crippen molar-refractivity contribution in [1.82, 2.24) is 14.3 Å². The predicted octanol–water partition coefficient (Wildman–Crippen LogP) is 6.16. The number of fused-ring (bicyclic) bond motifs is 3. The molecular weight excluding hydrogens is 368 g/mol. The fraction of sp³-hybridized carbons (Fsp3) is 0.269. The largest absolute Gasteiger partial charge is 0.359 e. The van der Waals surface area contributed by atoms with Crippen LogP contribution in [0.4, 0.5) is 5.69 Å². The van der Waals surface area contributed by atoms with Crippen molar-refractivity contribution < 1.29 is 0 Å². The summed E-state index contributed by atoms with van der Waals surface area (Å²) in [6, 6.07) is 17.6. The molecule has 1 unspecified atom stereocenters. The molecule has 4 heteroatoms. The number of aryl methyl sites for hydroxylation is 5. The van der Waals surface area contributed by atoms with E-state index in [1.165, 1.54) is 56.3 Å². The van der Waals surface area contributed by atoms with Gasteiger partial charge in [-0.05, 0) is 70.9 Å². The van der Waals surface area contributed by atoms with Crippen LogP contribution in [0.15, 0.2) is 48.5 Å². The Morgan fingerprint density at radius 2 is 1.67 bits per heavy atom. The predicted molar refractivity (Wildman–Crippen MR) is 124 cm³/mol. The van der Waals surface area contributed by atoms with Gasteiger partial charge in [-0.3, -0.25) is 0 Å². The zero-order valence-corrected chi connectivity index (χ0v) is 18.5. The van der Waals surface area contributed by atoms with Crippen molar-refractivity contribution in [1.29, 1.82) is 0 Å². The van der Waals surface area contributed by atoms with Crippen LogP contribution in [0.3, 0.4) is 0 Å². The monoisotopic (exact) mass is 396 g/mol. The maximum Gasteiger partial charge on any atom is 0.149 e. The van der Waals surface area contributed by atoms with Gasteiger partial charge in [0.25, 0.3) is 0 Å². The van der Waals surface area contributed by atoms with E-state index in [1.807, 2.05) is 0 Å². The van der Waals surface area contributed by atoms with Gasteiger partial charge in [0.15, 0.2) is 0 Å². The third-order valence-electron chi connectivity index (χ3n) is 6.29. The van der Waals surface area contributed by atoms with Gasteiger partial charge in [0.1, 0.15) is 6.17 Å². The molecule has 30 heavy (non-hydrogen) atoms. The van der Waals surface area contributed by atoms with E-state index in [9.17, 15) is 0 Å². The van der Waals surface area contributed by atoms with E-state index in [1.54, 1.807) is 0 Å². The molecule has 4 nitrogen and oxygen atoms in total. The molecule has 0 radical (unpaired) electrons. The fourth-order valence-corrected chi connectivity index (χ4v) is 4.89. The number of para-hydroxylation sites is 1. The summed E-state index contributed by atoms with van der Waals surface area (Å²) in [5, 5.41) is 8.66. The normalized spacial score (nSPS) is 14.9. The second-order valence-electron chi connectivity index (χ2n) is 8.61. The van der Waals surface area contributed by atoms with Crippen LogP contribution in [0.2, 0.25) is 0 Å². The van der Waals surface area contributed by atoms with Crippen molar-refractivity contribution in [2.45, 2.75) is 47.7 Å². The molecule has 1 N–H and O–H groups in total. The Morgan fingerprint density at radius 1 is 0.867 bits per heavy atom. The highest BCUT2D eigenvalue weighted by molar-refractivity contribution is 5.81. The Hall–Kier alpha value is -3.27. The van der Waals surface area contributed by atoms with E-state index in [2.05, 4.69) is 105 Å². The summed E-state index contributed by atoms with van der Waals surface area (Å²) in [5.41, 5.74) is 13.4. The van der Waals surface area contributed by atoms with Gasteiger partial charge >= 0.3 is 0 Å². The second-order valence-corrected chi connectivity index (χ2v) is 8.61. The van der Waals surface area contributed by atoms with Gasteiger partial charge in [-0.25, -0.2) is 4.68 Å². The molecule has 0 spiro atoms. The first-order valence-corrected chi connectivity index (χ1v) is 10.5. The lowest BCUT2D eigenvalue weighted by Crippen LogP contribution is -2.26. The van der Waals surface area contributed by atoms with Crippen molar-refractivity contribution in [3.63, 3.8) is 0 Å². The molecular formula is C26H28N4. The zero-order chi connectivity index (χ0) is 21.2. The number of rotatable bonds is 2. The average molecular weight is 397 g/mol. The number of benzene rings is 2. The minimum atomic E-state index is -0.0343. The zero-order valence-electron chi connectivity index (χ0n) is 18.5. The van der Waals surface area contributed by atoms with Crippen molar-refractivity contribution >= 4 is 5.69 Å². The number of anilines is 1. The fourth-order valence-electron chi connectivity index (χ4n) is 4.89. The Bertz CT molecular complexity index is 1290. The van der Waals surface area contributed by atoms with Gasteiger partial charge in [0.05, 0.1) is 11.4 Å². The van der Waals surface area contributed by atoms with Crippen molar-refractivity contribution in [3.05, 3.63) is 87.9 Å². The minimum absolute atomic E-state index is 0.0343. The van der Waals surface area contributed by atoms with Crippen molar-refractivity contribution in [3.8, 4) is 16.9 Å². The van der Waals surface area contributed by atoms with Gasteiger partial charge in [-0.1, -0.05) is 35.9 Å². The van der Waals surface area contributed by atoms with E-state index in [0.29, 0.717) is 0 Å². The van der Waals surface area contributed by atoms with Crippen molar-refractivity contribution in [2.24, 2.45) is 0 Å². The molecule has 0 saturated heterocycles. The van der Waals surface area contributed by atoms with Gasteiger partial charge in [0.2, 0.25) is 0 Å². The highest BCUT2D eigenvalue weighted by atomic mass is 15.4. The molecule has 1 atom stereocenters. The second kappa shape index (κ2) is 6.63. The first-order valence-electron chi connectivity index (χ1n) is 10.5. The van der Waals surface area contributed by atoms with E-state index in [-0.39, 0.29) is 6.17 Å². The lowest BCUT2D eigenvalue weighted by molar-refractivity contribution is 0.567. The molecule has 0 bridgehead atoms. The summed E-state index contributed by atoms with van der Waals surface area (Å²) in [6.07, 6.45) is -0.0343. The number of aromatic nitrogens is 3. The summed E-state index contributed by atoms with van der Waals surface area (Å²) >= 11 is 0. The number of hydrogen-bond donors (Lipinski definition) is 1. The summed E-state index contributed by atoms with van der Waals surface area (Å²) in [5.74, 6) is 0. The van der Waals surface area contributed by atoms with Gasteiger partial charge in [0, 0.05) is 33.9 Å². The number of nitrogens with one attached hydrogen (secondary N) is 1. The molecule has 4 aromatic rings. The standard InChI is InChI=1S/C26H28N4/c1-15-10-11-23(17(3)12-15)29-19(5)14-22(20(29)6)26-27-25-16(2)8-7-9-21(25)24-13-18(4)28-30(24)26/h7-14,26-27H,1-6H3. The molecule has 0 fully saturated rings. The Labute approximate surface area is 178 Å². The van der Waals surface area contributed by atoms with Crippen molar-refractivity contribution in [2.75, 3.05) is 5.32 Å². The highest BCUT2D eigenvalue weighted by Gasteiger charge is 2.30. The lowest BCUT2D eigenvalue weighted by atomic mass is 10.0. The Morgan fingerprint density at radius 3 is 2.43 bits per heavy atom. The molecule has 3 heterocycles. The van der Waals surface area contributed by atoms with Crippen LogP contribution in [0.5, 0.6) is 0 Å². The third kappa shape index (κ3) is 2.71. The molecule has 2 aromatic carbocycles. The van der Waals surface area contributed by atoms with Gasteiger partial charge < -0.3 is 9.88 Å². The van der Waals surface area contributed by atoms with E-state index >= 15 is 0 Å². The lowest BCUT2D eigenvalue weighted by Gasteiger charge is -2.30. The summed E-state index contributed by atoms with van der Waals surface area (Å²) in [7, 11) is 0. The minimum Gasteiger partial charge on any atom is -0.359 e. The molecule has 0 saturated carbocycles. The van der Waals surface area contributed by atoms with Crippen LogP contribution < -0.4 is 5.32 Å². The molecule has 0 amide bonds. The first kappa shape index (κ1) is 18.7. The molecule has 152 valence electrons. The van der Waals surface area contributed by atoms with Crippen LogP contribution in [0.25, 0.3) is 16.9 Å². The smallest absolute Gasteiger partial charge is 0.149 e.